The molecular weight excluding hydrogens is 1500 g/mol. The number of carbonyl (C=O) groups is 17. The molecule has 0 aliphatic heterocycles. The van der Waals surface area contributed by atoms with Crippen LogP contribution in [0.15, 0.2) is 48.5 Å². The van der Waals surface area contributed by atoms with Crippen LogP contribution in [-0.2, 0) is 94.3 Å². The lowest BCUT2D eigenvalue weighted by Crippen LogP contribution is -2.62. The lowest BCUT2D eigenvalue weighted by Gasteiger charge is -2.30. The van der Waals surface area contributed by atoms with Crippen molar-refractivity contribution in [2.45, 2.75) is 231 Å². The Morgan fingerprint density at radius 2 is 0.761 bits per heavy atom. The van der Waals surface area contributed by atoms with Gasteiger partial charge in [0, 0.05) is 25.7 Å². The maximum atomic E-state index is 14.5. The van der Waals surface area contributed by atoms with Gasteiger partial charge in [0.25, 0.3) is 0 Å². The average molecular weight is 1620 g/mol. The van der Waals surface area contributed by atoms with Crippen molar-refractivity contribution in [3.05, 3.63) is 59.7 Å². The van der Waals surface area contributed by atoms with Crippen LogP contribution in [0, 0.1) is 23.7 Å². The van der Waals surface area contributed by atoms with E-state index in [1.54, 1.807) is 20.1 Å². The number of primary amides is 1. The Bertz CT molecular complexity index is 3590. The highest BCUT2D eigenvalue weighted by Crippen LogP contribution is 2.18. The normalized spacial score (nSPS) is 15.2. The second kappa shape index (κ2) is 49.6. The van der Waals surface area contributed by atoms with Gasteiger partial charge in [-0.1, -0.05) is 86.1 Å². The average Bonchev–Trinajstić information content (AvgIpc) is 0.850. The van der Waals surface area contributed by atoms with Crippen molar-refractivity contribution >= 4 is 112 Å². The number of hydrogen-bond acceptors (Lipinski definition) is 23. The van der Waals surface area contributed by atoms with Crippen LogP contribution < -0.4 is 86.3 Å². The zero-order valence-corrected chi connectivity index (χ0v) is 66.2. The van der Waals surface area contributed by atoms with Crippen molar-refractivity contribution in [3.63, 3.8) is 0 Å². The van der Waals surface area contributed by atoms with Crippen LogP contribution >= 0.6 is 11.8 Å². The highest BCUT2D eigenvalue weighted by Gasteiger charge is 2.40. The highest BCUT2D eigenvalue weighted by atomic mass is 32.2. The fourth-order valence-electron chi connectivity index (χ4n) is 10.9. The van der Waals surface area contributed by atoms with Crippen molar-refractivity contribution in [1.82, 2.24) is 69.1 Å². The van der Waals surface area contributed by atoms with Gasteiger partial charge >= 0.3 is 17.9 Å². The fourth-order valence-corrected chi connectivity index (χ4v) is 11.4. The maximum Gasteiger partial charge on any atom is 0.325 e. The van der Waals surface area contributed by atoms with Crippen LogP contribution in [0.3, 0.4) is 0 Å². The van der Waals surface area contributed by atoms with Crippen LogP contribution in [0.2, 0.25) is 0 Å². The molecule has 0 aliphatic rings. The van der Waals surface area contributed by atoms with Gasteiger partial charge in [0.15, 0.2) is 0 Å². The Morgan fingerprint density at radius 3 is 1.20 bits per heavy atom. The number of amides is 14. The molecule has 0 unspecified atom stereocenters. The van der Waals surface area contributed by atoms with E-state index in [9.17, 15) is 112 Å². The number of carboxylic acids is 3. The van der Waals surface area contributed by atoms with E-state index < -0.39 is 235 Å². The summed E-state index contributed by atoms with van der Waals surface area (Å²) < 4.78 is 0. The molecule has 40 heteroatoms. The number of carboxylic acid groups (broad SMARTS) is 3. The number of phenolic OH excluding ortho intramolecular Hbond substituents is 2. The zero-order valence-electron chi connectivity index (χ0n) is 65.4. The van der Waals surface area contributed by atoms with Crippen molar-refractivity contribution in [1.29, 1.82) is 0 Å². The van der Waals surface area contributed by atoms with E-state index in [-0.39, 0.29) is 75.2 Å². The third-order valence-corrected chi connectivity index (χ3v) is 18.6. The summed E-state index contributed by atoms with van der Waals surface area (Å²) in [4.78, 5) is 230. The molecule has 2 aromatic rings. The Labute approximate surface area is 659 Å². The van der Waals surface area contributed by atoms with E-state index in [2.05, 4.69) is 69.1 Å². The van der Waals surface area contributed by atoms with Crippen molar-refractivity contribution in [3.8, 4) is 11.5 Å². The van der Waals surface area contributed by atoms with Gasteiger partial charge in [-0.3, -0.25) is 81.5 Å². The second-order valence-corrected chi connectivity index (χ2v) is 29.4. The van der Waals surface area contributed by atoms with E-state index >= 15 is 0 Å². The number of aromatic hydroxyl groups is 2. The number of hydrogen-bond donors (Lipinski definition) is 22. The number of phenols is 2. The number of aliphatic hydroxyl groups excluding tert-OH is 1. The summed E-state index contributed by atoms with van der Waals surface area (Å²) in [5, 5.41) is 91.4. The van der Waals surface area contributed by atoms with Gasteiger partial charge < -0.3 is 117 Å². The van der Waals surface area contributed by atoms with E-state index in [0.717, 1.165) is 0 Å². The summed E-state index contributed by atoms with van der Waals surface area (Å²) in [6, 6.07) is -10.6. The summed E-state index contributed by atoms with van der Waals surface area (Å²) in [6.07, 6.45) is -1.10. The molecule has 39 nitrogen and oxygen atoms in total. The van der Waals surface area contributed by atoms with Gasteiger partial charge in [-0.05, 0) is 130 Å². The summed E-state index contributed by atoms with van der Waals surface area (Å²) in [5.41, 5.74) is 17.7. The number of thioether (sulfide) groups is 1. The number of nitrogens with one attached hydrogen (secondary N) is 13. The number of carbonyl (C=O) groups excluding carboxylic acids is 14. The quantitative estimate of drug-likeness (QED) is 0.0282. The van der Waals surface area contributed by atoms with Crippen LogP contribution in [0.1, 0.15) is 145 Å². The minimum absolute atomic E-state index is 0.0872. The van der Waals surface area contributed by atoms with Gasteiger partial charge in [-0.2, -0.15) is 11.8 Å². The van der Waals surface area contributed by atoms with Crippen molar-refractivity contribution in [2.24, 2.45) is 40.9 Å². The molecule has 630 valence electrons. The first-order chi connectivity index (χ1) is 53.0. The van der Waals surface area contributed by atoms with Crippen molar-refractivity contribution in [2.75, 3.05) is 25.2 Å². The number of rotatable bonds is 52. The topological polar surface area (TPSA) is 646 Å². The monoisotopic (exact) mass is 1610 g/mol. The standard InChI is InChI=1S/C73H114N16O23S/c1-12-38(8)59(72(110)84-51(33-55(96)97)67(105)86-56(35(2)3)69(107)78-40(10)73(111)112)89-64(102)48(28-30-113-11)80-62(100)46(15-13-14-29-74)79-63(101)47(25-27-54(94)95)81-70(108)57(36(4)5)88-71(109)58(37(6)7)87-66(104)50(32-42-18-22-44(92)23-19-42)83-68(106)52(34-90)85-60(98)39(9)77-65(103)49(31-41-16-20-43(91)21-17-41)82-61(99)45(75)24-26-53(76)93/h16-23,35-40,45-52,56-59,90-92H,12-15,24-34,74-75H2,1-11H3,(H2,76,93)(H,77,103)(H,78,107)(H,79,101)(H,80,100)(H,81,108)(H,82,99)(H,83,106)(H,84,110)(H,85,98)(H,86,105)(H,87,104)(H,88,109)(H,89,102)(H,94,95)(H,96,97)(H,111,112)/t38-,39-,40-,45-,46-,47-,48-,49-,50-,51-,52-,56-,57-,58-,59-/m0/s1. The first-order valence-electron chi connectivity index (χ1n) is 37.0. The molecule has 0 saturated heterocycles. The number of aliphatic carboxylic acids is 3. The molecule has 0 aliphatic carbocycles. The van der Waals surface area contributed by atoms with E-state index in [0.29, 0.717) is 17.5 Å². The first-order valence-corrected chi connectivity index (χ1v) is 38.4. The van der Waals surface area contributed by atoms with Gasteiger partial charge in [-0.25, -0.2) is 0 Å². The lowest BCUT2D eigenvalue weighted by molar-refractivity contribution is -0.143. The Kier molecular flexibility index (Phi) is 43.2. The van der Waals surface area contributed by atoms with E-state index in [1.165, 1.54) is 116 Å². The number of benzene rings is 2. The van der Waals surface area contributed by atoms with Crippen LogP contribution in [-0.4, -0.2) is 241 Å². The summed E-state index contributed by atoms with van der Waals surface area (Å²) in [5.74, 6) is -21.2. The summed E-state index contributed by atoms with van der Waals surface area (Å²) in [6.45, 7) is 13.8. The fraction of sp³-hybridized carbons (Fsp3) is 0.603. The molecule has 14 amide bonds. The molecule has 113 heavy (non-hydrogen) atoms. The van der Waals surface area contributed by atoms with Gasteiger partial charge in [0.2, 0.25) is 82.7 Å². The molecule has 15 atom stereocenters. The van der Waals surface area contributed by atoms with Gasteiger partial charge in [0.05, 0.1) is 19.1 Å². The van der Waals surface area contributed by atoms with Gasteiger partial charge in [0.1, 0.15) is 90.0 Å². The minimum Gasteiger partial charge on any atom is -0.508 e. The Morgan fingerprint density at radius 1 is 0.398 bits per heavy atom. The number of nitrogens with two attached hydrogens (primary N) is 3. The zero-order chi connectivity index (χ0) is 85.7. The molecule has 2 rings (SSSR count). The molecule has 0 radical (unpaired) electrons. The third kappa shape index (κ3) is 35.2. The summed E-state index contributed by atoms with van der Waals surface area (Å²) >= 11 is 1.27. The smallest absolute Gasteiger partial charge is 0.325 e. The van der Waals surface area contributed by atoms with E-state index in [4.69, 9.17) is 17.2 Å². The maximum absolute atomic E-state index is 14.5. The second-order valence-electron chi connectivity index (χ2n) is 28.4. The molecule has 0 saturated carbocycles. The molecule has 0 fully saturated rings. The van der Waals surface area contributed by atoms with Crippen LogP contribution in [0.4, 0.5) is 0 Å². The van der Waals surface area contributed by atoms with Gasteiger partial charge in [-0.15, -0.1) is 0 Å². The third-order valence-electron chi connectivity index (χ3n) is 18.0. The Hall–Kier alpha value is -10.7. The molecule has 25 N–H and O–H groups in total. The largest absolute Gasteiger partial charge is 0.508 e. The SMILES string of the molecule is CC[C@H](C)[C@H](NC(=O)[C@H](CCSC)NC(=O)[C@H](CCCCN)NC(=O)[C@H](CCC(=O)O)NC(=O)[C@@H](NC(=O)[C@@H](NC(=O)[C@H](Cc1ccc(O)cc1)NC(=O)[C@H](CO)NC(=O)[C@H](C)NC(=O)[C@H](Cc1ccc(O)cc1)NC(=O)[C@@H](N)CCC(N)=O)C(C)C)C(C)C)C(=O)N[C@@H](CC(=O)O)C(=O)N[C@H](C(=O)N[C@@H](C)C(=O)O)C(C)C. The predicted molar refractivity (Wildman–Crippen MR) is 410 cm³/mol. The number of unbranched alkanes of at least 4 members (excludes halogenated alkanes) is 1. The molecule has 2 aromatic carbocycles. The minimum atomic E-state index is -1.84. The number of aliphatic hydroxyl groups is 1. The van der Waals surface area contributed by atoms with E-state index in [1.807, 2.05) is 0 Å². The van der Waals surface area contributed by atoms with Crippen LogP contribution in [0.25, 0.3) is 0 Å². The molecular formula is C73H114N16O23S. The highest BCUT2D eigenvalue weighted by molar-refractivity contribution is 7.98. The lowest BCUT2D eigenvalue weighted by atomic mass is 9.96. The molecule has 0 spiro atoms. The predicted octanol–water partition coefficient (Wildman–Crippen LogP) is -3.87. The molecule has 0 aromatic heterocycles. The Balaban J connectivity index is 2.48. The molecule has 0 heterocycles. The van der Waals surface area contributed by atoms with Crippen LogP contribution in [0.5, 0.6) is 11.5 Å². The van der Waals surface area contributed by atoms with Crippen molar-refractivity contribution < 1.29 is 112 Å². The first kappa shape index (κ1) is 98.3. The summed E-state index contributed by atoms with van der Waals surface area (Å²) in [7, 11) is 0. The molecule has 0 bridgehead atoms.